The quantitative estimate of drug-likeness (QED) is 0.400. The van der Waals surface area contributed by atoms with E-state index in [-0.39, 0.29) is 11.2 Å². The van der Waals surface area contributed by atoms with Crippen molar-refractivity contribution in [1.82, 2.24) is 0 Å². The van der Waals surface area contributed by atoms with Crippen LogP contribution in [0.15, 0.2) is 12.2 Å². The van der Waals surface area contributed by atoms with E-state index in [4.69, 9.17) is 9.78 Å². The van der Waals surface area contributed by atoms with Crippen LogP contribution in [0.5, 0.6) is 0 Å². The molecule has 0 N–H and O–H groups in total. The summed E-state index contributed by atoms with van der Waals surface area (Å²) in [7, 11) is 0. The Balaban J connectivity index is 4.05. The van der Waals surface area contributed by atoms with Crippen LogP contribution in [0, 0.1) is 0 Å². The molecule has 0 heterocycles. The molecule has 16 heavy (non-hydrogen) atoms. The molecule has 0 fully saturated rings. The highest BCUT2D eigenvalue weighted by molar-refractivity contribution is 5.85. The standard InChI is InChI=1S/C12H21O4/c1-9(10(13)14)7-8-12(5,6)16-15-11(2,3)4/h1,7-8H2,2-6H3. The maximum Gasteiger partial charge on any atom is 0.381 e. The zero-order valence-corrected chi connectivity index (χ0v) is 10.8. The molecule has 1 radical (unpaired) electrons. The van der Waals surface area contributed by atoms with Gasteiger partial charge in [0, 0.05) is 5.57 Å². The van der Waals surface area contributed by atoms with Crippen molar-refractivity contribution in [2.24, 2.45) is 0 Å². The maximum absolute atomic E-state index is 10.5. The first kappa shape index (κ1) is 15.1. The van der Waals surface area contributed by atoms with Gasteiger partial charge in [-0.2, -0.15) is 0 Å². The monoisotopic (exact) mass is 229 g/mol. The average molecular weight is 229 g/mol. The van der Waals surface area contributed by atoms with Crippen LogP contribution in [-0.4, -0.2) is 17.2 Å². The summed E-state index contributed by atoms with van der Waals surface area (Å²) < 4.78 is 0. The van der Waals surface area contributed by atoms with Crippen LogP contribution >= 0.6 is 0 Å². The van der Waals surface area contributed by atoms with Crippen molar-refractivity contribution in [3.63, 3.8) is 0 Å². The van der Waals surface area contributed by atoms with E-state index in [9.17, 15) is 9.90 Å². The van der Waals surface area contributed by atoms with E-state index in [1.54, 1.807) is 0 Å². The maximum atomic E-state index is 10.5. The summed E-state index contributed by atoms with van der Waals surface area (Å²) >= 11 is 0. The lowest BCUT2D eigenvalue weighted by atomic mass is 10.00. The first-order valence-electron chi connectivity index (χ1n) is 5.29. The molecule has 0 aromatic rings. The number of rotatable bonds is 6. The molecule has 0 aliphatic rings. The van der Waals surface area contributed by atoms with Gasteiger partial charge in [-0.3, -0.25) is 0 Å². The van der Waals surface area contributed by atoms with Gasteiger partial charge in [-0.1, -0.05) is 6.58 Å². The number of carbonyl (C=O) groups is 1. The van der Waals surface area contributed by atoms with Crippen molar-refractivity contribution in [3.8, 4) is 0 Å². The average Bonchev–Trinajstić information content (AvgIpc) is 2.10. The fourth-order valence-electron chi connectivity index (χ4n) is 0.833. The normalized spacial score (nSPS) is 12.6. The lowest BCUT2D eigenvalue weighted by molar-refractivity contribution is -0.398. The Bertz CT molecular complexity index is 261. The summed E-state index contributed by atoms with van der Waals surface area (Å²) in [6.45, 7) is 12.7. The predicted octanol–water partition coefficient (Wildman–Crippen LogP) is 2.81. The fourth-order valence-corrected chi connectivity index (χ4v) is 0.833. The zero-order valence-electron chi connectivity index (χ0n) is 10.8. The minimum Gasteiger partial charge on any atom is -0.242 e. The lowest BCUT2D eigenvalue weighted by Gasteiger charge is -2.28. The Morgan fingerprint density at radius 3 is 2.00 bits per heavy atom. The Morgan fingerprint density at radius 1 is 1.12 bits per heavy atom. The molecule has 0 aromatic carbocycles. The second-order valence-corrected chi connectivity index (χ2v) is 5.43. The molecule has 0 aliphatic heterocycles. The molecule has 0 atom stereocenters. The molecule has 0 aromatic heterocycles. The van der Waals surface area contributed by atoms with Crippen LogP contribution < -0.4 is 0 Å². The number of hydrogen-bond donors (Lipinski definition) is 0. The Labute approximate surface area is 97.2 Å². The zero-order chi connectivity index (χ0) is 13.0. The summed E-state index contributed by atoms with van der Waals surface area (Å²) in [5.74, 6) is -1.22. The van der Waals surface area contributed by atoms with Crippen LogP contribution in [0.2, 0.25) is 0 Å². The van der Waals surface area contributed by atoms with E-state index in [2.05, 4.69) is 6.58 Å². The molecule has 4 heteroatoms. The van der Waals surface area contributed by atoms with E-state index >= 15 is 0 Å². The summed E-state index contributed by atoms with van der Waals surface area (Å²) in [5, 5.41) is 10.5. The van der Waals surface area contributed by atoms with E-state index in [0.717, 1.165) is 0 Å². The fraction of sp³-hybridized carbons (Fsp3) is 0.750. The molecule has 0 spiro atoms. The second kappa shape index (κ2) is 5.46. The van der Waals surface area contributed by atoms with Gasteiger partial charge in [0.15, 0.2) is 0 Å². The van der Waals surface area contributed by atoms with E-state index in [0.29, 0.717) is 12.8 Å². The molecule has 0 aliphatic carbocycles. The molecule has 0 saturated heterocycles. The molecular weight excluding hydrogens is 208 g/mol. The molecule has 4 nitrogen and oxygen atoms in total. The van der Waals surface area contributed by atoms with Crippen LogP contribution in [0.3, 0.4) is 0 Å². The molecule has 93 valence electrons. The van der Waals surface area contributed by atoms with Crippen molar-refractivity contribution in [3.05, 3.63) is 12.2 Å². The van der Waals surface area contributed by atoms with E-state index in [1.165, 1.54) is 0 Å². The van der Waals surface area contributed by atoms with Crippen LogP contribution in [-0.2, 0) is 19.7 Å². The molecule has 0 saturated carbocycles. The predicted molar refractivity (Wildman–Crippen MR) is 60.1 cm³/mol. The smallest absolute Gasteiger partial charge is 0.242 e. The van der Waals surface area contributed by atoms with Crippen molar-refractivity contribution in [2.75, 3.05) is 0 Å². The minimum atomic E-state index is -1.22. The third-order valence-corrected chi connectivity index (χ3v) is 1.83. The van der Waals surface area contributed by atoms with Gasteiger partial charge in [0.25, 0.3) is 0 Å². The van der Waals surface area contributed by atoms with Crippen molar-refractivity contribution in [2.45, 2.75) is 58.7 Å². The van der Waals surface area contributed by atoms with Gasteiger partial charge >= 0.3 is 5.97 Å². The highest BCUT2D eigenvalue weighted by atomic mass is 17.2. The van der Waals surface area contributed by atoms with Crippen LogP contribution in [0.4, 0.5) is 0 Å². The van der Waals surface area contributed by atoms with Crippen molar-refractivity contribution >= 4 is 5.97 Å². The highest BCUT2D eigenvalue weighted by Gasteiger charge is 2.24. The Morgan fingerprint density at radius 2 is 1.62 bits per heavy atom. The Kier molecular flexibility index (Phi) is 5.16. The summed E-state index contributed by atoms with van der Waals surface area (Å²) in [5.41, 5.74) is -0.860. The van der Waals surface area contributed by atoms with Gasteiger partial charge in [-0.05, 0) is 47.5 Å². The molecule has 0 unspecified atom stereocenters. The second-order valence-electron chi connectivity index (χ2n) is 5.43. The van der Waals surface area contributed by atoms with Gasteiger partial charge < -0.3 is 0 Å². The van der Waals surface area contributed by atoms with Gasteiger partial charge in [0.05, 0.1) is 11.2 Å². The summed E-state index contributed by atoms with van der Waals surface area (Å²) in [4.78, 5) is 20.9. The molecule has 0 amide bonds. The molecule has 0 rings (SSSR count). The third kappa shape index (κ3) is 7.43. The van der Waals surface area contributed by atoms with E-state index in [1.807, 2.05) is 34.6 Å². The third-order valence-electron chi connectivity index (χ3n) is 1.83. The van der Waals surface area contributed by atoms with E-state index < -0.39 is 11.6 Å². The van der Waals surface area contributed by atoms with Gasteiger partial charge in [0.2, 0.25) is 0 Å². The minimum absolute atomic E-state index is 0.0763. The highest BCUT2D eigenvalue weighted by Crippen LogP contribution is 2.22. The summed E-state index contributed by atoms with van der Waals surface area (Å²) in [6.07, 6.45) is 0.832. The lowest BCUT2D eigenvalue weighted by Crippen LogP contribution is -2.30. The van der Waals surface area contributed by atoms with Gasteiger partial charge in [-0.15, -0.1) is 0 Å². The number of hydrogen-bond acceptors (Lipinski definition) is 3. The first-order chi connectivity index (χ1) is 7.03. The number of carbonyl (C=O) groups excluding carboxylic acids is 1. The van der Waals surface area contributed by atoms with Crippen LogP contribution in [0.1, 0.15) is 47.5 Å². The SMILES string of the molecule is C=C(CCC(C)(C)OOC(C)(C)C)C([O])=O. The van der Waals surface area contributed by atoms with Crippen molar-refractivity contribution in [1.29, 1.82) is 0 Å². The topological polar surface area (TPSA) is 55.4 Å². The Hall–Kier alpha value is -0.870. The first-order valence-corrected chi connectivity index (χ1v) is 5.29. The summed E-state index contributed by atoms with van der Waals surface area (Å²) in [6, 6.07) is 0. The van der Waals surface area contributed by atoms with Gasteiger partial charge in [0.1, 0.15) is 0 Å². The van der Waals surface area contributed by atoms with Crippen LogP contribution in [0.25, 0.3) is 0 Å². The molecule has 0 bridgehead atoms. The molecular formula is C12H21O4. The largest absolute Gasteiger partial charge is 0.381 e. The van der Waals surface area contributed by atoms with Crippen molar-refractivity contribution < 1.29 is 19.7 Å². The van der Waals surface area contributed by atoms with Gasteiger partial charge in [-0.25, -0.2) is 19.7 Å².